The normalized spacial score (nSPS) is 13.8. The summed E-state index contributed by atoms with van der Waals surface area (Å²) in [7, 11) is 0. The van der Waals surface area contributed by atoms with Crippen molar-refractivity contribution in [1.82, 2.24) is 4.98 Å². The Morgan fingerprint density at radius 3 is 2.60 bits per heavy atom. The number of carbonyl (C=O) groups excluding carboxylic acids is 1. The molecule has 0 saturated carbocycles. The molecule has 1 aromatic heterocycles. The molecule has 6 nitrogen and oxygen atoms in total. The van der Waals surface area contributed by atoms with Crippen LogP contribution in [0.5, 0.6) is 0 Å². The Labute approximate surface area is 124 Å². The van der Waals surface area contributed by atoms with Crippen LogP contribution in [0.4, 0.5) is 0 Å². The molecule has 0 aromatic carbocycles. The summed E-state index contributed by atoms with van der Waals surface area (Å²) in [5, 5.41) is 28.7. The van der Waals surface area contributed by atoms with Gasteiger partial charge in [0.15, 0.2) is 10.8 Å². The first-order chi connectivity index (χ1) is 9.32. The van der Waals surface area contributed by atoms with Crippen LogP contribution in [0, 0.1) is 0 Å². The molecule has 1 heterocycles. The fourth-order valence-electron chi connectivity index (χ4n) is 1.54. The molecule has 20 heavy (non-hydrogen) atoms. The van der Waals surface area contributed by atoms with Crippen LogP contribution in [-0.4, -0.2) is 43.2 Å². The predicted molar refractivity (Wildman–Crippen MR) is 74.9 cm³/mol. The Kier molecular flexibility index (Phi) is 6.41. The molecule has 0 aliphatic rings. The molecule has 0 fully saturated rings. The molecule has 3 N–H and O–H groups in total. The lowest BCUT2D eigenvalue weighted by Gasteiger charge is -2.19. The molecule has 0 amide bonds. The van der Waals surface area contributed by atoms with E-state index >= 15 is 0 Å². The van der Waals surface area contributed by atoms with Crippen molar-refractivity contribution in [3.05, 3.63) is 28.5 Å². The van der Waals surface area contributed by atoms with Gasteiger partial charge in [0.1, 0.15) is 11.3 Å². The van der Waals surface area contributed by atoms with Crippen molar-refractivity contribution < 1.29 is 24.9 Å². The topological polar surface area (TPSA) is 108 Å². The minimum absolute atomic E-state index is 0.0118. The zero-order chi connectivity index (χ0) is 15.3. The number of hydrogen-bond donors (Lipinski definition) is 3. The number of thioether (sulfide) groups is 1. The molecule has 0 radical (unpaired) electrons. The average Bonchev–Trinajstić information content (AvgIpc) is 2.37. The standard InChI is InChI=1S/C12H14ClNO5S/c1-6(15)20-5-4-8(16)11(17)7-2-3-9(13)14-10(7)12(18)19/h2-3,8,11,16-17H,4-5H2,1H3,(H,18,19). The van der Waals surface area contributed by atoms with E-state index in [2.05, 4.69) is 4.98 Å². The summed E-state index contributed by atoms with van der Waals surface area (Å²) in [5.74, 6) is -1.01. The van der Waals surface area contributed by atoms with Gasteiger partial charge in [-0.1, -0.05) is 29.4 Å². The van der Waals surface area contributed by atoms with Gasteiger partial charge in [0.2, 0.25) is 0 Å². The zero-order valence-corrected chi connectivity index (χ0v) is 12.2. The Balaban J connectivity index is 2.83. The van der Waals surface area contributed by atoms with Gasteiger partial charge in [-0.3, -0.25) is 4.79 Å². The SMILES string of the molecule is CC(=O)SCCC(O)C(O)c1ccc(Cl)nc1C(=O)O. The van der Waals surface area contributed by atoms with E-state index in [4.69, 9.17) is 16.7 Å². The van der Waals surface area contributed by atoms with E-state index in [1.165, 1.54) is 19.1 Å². The summed E-state index contributed by atoms with van der Waals surface area (Å²) in [6.45, 7) is 1.40. The minimum Gasteiger partial charge on any atom is -0.476 e. The lowest BCUT2D eigenvalue weighted by Crippen LogP contribution is -2.22. The van der Waals surface area contributed by atoms with E-state index in [1.54, 1.807) is 0 Å². The monoisotopic (exact) mass is 319 g/mol. The summed E-state index contributed by atoms with van der Waals surface area (Å²) in [6, 6.07) is 2.65. The molecule has 2 unspecified atom stereocenters. The molecule has 0 bridgehead atoms. The van der Waals surface area contributed by atoms with Crippen molar-refractivity contribution in [3.63, 3.8) is 0 Å². The molecule has 1 aromatic rings. The molecular weight excluding hydrogens is 306 g/mol. The van der Waals surface area contributed by atoms with Crippen molar-refractivity contribution in [1.29, 1.82) is 0 Å². The lowest BCUT2D eigenvalue weighted by molar-refractivity contribution is -0.109. The first kappa shape index (κ1) is 16.9. The maximum Gasteiger partial charge on any atom is 0.354 e. The number of aliphatic hydroxyl groups is 2. The number of nitrogens with zero attached hydrogens (tertiary/aromatic N) is 1. The number of aromatic nitrogens is 1. The van der Waals surface area contributed by atoms with Crippen LogP contribution in [0.15, 0.2) is 12.1 Å². The quantitative estimate of drug-likeness (QED) is 0.682. The van der Waals surface area contributed by atoms with Crippen LogP contribution in [0.3, 0.4) is 0 Å². The van der Waals surface area contributed by atoms with Crippen LogP contribution in [0.2, 0.25) is 5.15 Å². The van der Waals surface area contributed by atoms with Crippen molar-refractivity contribution >= 4 is 34.4 Å². The minimum atomic E-state index is -1.40. The molecule has 2 atom stereocenters. The number of rotatable bonds is 6. The third-order valence-corrected chi connectivity index (χ3v) is 3.55. The van der Waals surface area contributed by atoms with Gasteiger partial charge in [-0.05, 0) is 12.5 Å². The van der Waals surface area contributed by atoms with Crippen LogP contribution >= 0.6 is 23.4 Å². The Hall–Kier alpha value is -1.15. The van der Waals surface area contributed by atoms with Crippen LogP contribution < -0.4 is 0 Å². The summed E-state index contributed by atoms with van der Waals surface area (Å²) >= 11 is 6.63. The molecular formula is C12H14ClNO5S. The van der Waals surface area contributed by atoms with Crippen molar-refractivity contribution in [2.45, 2.75) is 25.6 Å². The van der Waals surface area contributed by atoms with Gasteiger partial charge in [0.05, 0.1) is 6.10 Å². The summed E-state index contributed by atoms with van der Waals surface area (Å²) in [6.07, 6.45) is -2.45. The molecule has 110 valence electrons. The number of carboxylic acids is 1. The zero-order valence-electron chi connectivity index (χ0n) is 10.6. The fraction of sp³-hybridized carbons (Fsp3) is 0.417. The Morgan fingerprint density at radius 1 is 1.40 bits per heavy atom. The van der Waals surface area contributed by atoms with Crippen molar-refractivity contribution in [2.75, 3.05) is 5.75 Å². The van der Waals surface area contributed by atoms with Crippen LogP contribution in [-0.2, 0) is 4.79 Å². The van der Waals surface area contributed by atoms with Gasteiger partial charge in [-0.25, -0.2) is 9.78 Å². The van der Waals surface area contributed by atoms with Gasteiger partial charge < -0.3 is 15.3 Å². The van der Waals surface area contributed by atoms with Crippen molar-refractivity contribution in [2.24, 2.45) is 0 Å². The number of carbonyl (C=O) groups is 2. The van der Waals surface area contributed by atoms with E-state index in [0.717, 1.165) is 11.8 Å². The largest absolute Gasteiger partial charge is 0.476 e. The highest BCUT2D eigenvalue weighted by molar-refractivity contribution is 8.13. The molecule has 8 heteroatoms. The molecule has 0 saturated heterocycles. The second-order valence-corrected chi connectivity index (χ2v) is 5.68. The summed E-state index contributed by atoms with van der Waals surface area (Å²) in [5.41, 5.74) is -0.412. The van der Waals surface area contributed by atoms with E-state index in [0.29, 0.717) is 5.75 Å². The van der Waals surface area contributed by atoms with Gasteiger partial charge in [-0.15, -0.1) is 0 Å². The maximum atomic E-state index is 11.0. The first-order valence-electron chi connectivity index (χ1n) is 5.72. The van der Waals surface area contributed by atoms with Gasteiger partial charge in [0, 0.05) is 18.2 Å². The fourth-order valence-corrected chi connectivity index (χ4v) is 2.34. The van der Waals surface area contributed by atoms with Gasteiger partial charge in [-0.2, -0.15) is 0 Å². The van der Waals surface area contributed by atoms with E-state index in [-0.39, 0.29) is 22.3 Å². The molecule has 0 spiro atoms. The predicted octanol–water partition coefficient (Wildman–Crippen LogP) is 1.50. The highest BCUT2D eigenvalue weighted by atomic mass is 35.5. The Morgan fingerprint density at radius 2 is 2.05 bits per heavy atom. The highest BCUT2D eigenvalue weighted by Crippen LogP contribution is 2.24. The third kappa shape index (κ3) is 4.75. The van der Waals surface area contributed by atoms with Crippen molar-refractivity contribution in [3.8, 4) is 0 Å². The van der Waals surface area contributed by atoms with Crippen LogP contribution in [0.1, 0.15) is 35.5 Å². The number of halogens is 1. The van der Waals surface area contributed by atoms with Gasteiger partial charge in [0.25, 0.3) is 0 Å². The number of carboxylic acid groups (broad SMARTS) is 1. The molecule has 0 aliphatic heterocycles. The summed E-state index contributed by atoms with van der Waals surface area (Å²) in [4.78, 5) is 25.4. The van der Waals surface area contributed by atoms with E-state index in [1.807, 2.05) is 0 Å². The number of aliphatic hydroxyl groups excluding tert-OH is 2. The third-order valence-electron chi connectivity index (χ3n) is 2.50. The number of pyridine rings is 1. The van der Waals surface area contributed by atoms with E-state index in [9.17, 15) is 19.8 Å². The average molecular weight is 320 g/mol. The number of hydrogen-bond acceptors (Lipinski definition) is 6. The second kappa shape index (κ2) is 7.58. The molecule has 1 rings (SSSR count). The first-order valence-corrected chi connectivity index (χ1v) is 7.08. The maximum absolute atomic E-state index is 11.0. The van der Waals surface area contributed by atoms with Gasteiger partial charge >= 0.3 is 5.97 Å². The summed E-state index contributed by atoms with van der Waals surface area (Å²) < 4.78 is 0. The smallest absolute Gasteiger partial charge is 0.354 e. The highest BCUT2D eigenvalue weighted by Gasteiger charge is 2.25. The second-order valence-electron chi connectivity index (χ2n) is 4.02. The Bertz CT molecular complexity index is 511. The lowest BCUT2D eigenvalue weighted by atomic mass is 10.0. The van der Waals surface area contributed by atoms with E-state index < -0.39 is 23.9 Å². The van der Waals surface area contributed by atoms with Crippen LogP contribution in [0.25, 0.3) is 0 Å². The molecule has 0 aliphatic carbocycles. The number of aromatic carboxylic acids is 1.